The van der Waals surface area contributed by atoms with E-state index in [1.807, 2.05) is 25.1 Å². The van der Waals surface area contributed by atoms with E-state index in [4.69, 9.17) is 4.74 Å². The maximum Gasteiger partial charge on any atom is 0.259 e. The summed E-state index contributed by atoms with van der Waals surface area (Å²) >= 11 is 0. The lowest BCUT2D eigenvalue weighted by Crippen LogP contribution is -2.27. The van der Waals surface area contributed by atoms with Crippen LogP contribution < -0.4 is 4.74 Å². The molecule has 0 radical (unpaired) electrons. The lowest BCUT2D eigenvalue weighted by atomic mass is 10.0. The Morgan fingerprint density at radius 1 is 1.04 bits per heavy atom. The summed E-state index contributed by atoms with van der Waals surface area (Å²) < 4.78 is 5.44. The van der Waals surface area contributed by atoms with Crippen molar-refractivity contribution in [3.63, 3.8) is 0 Å². The van der Waals surface area contributed by atoms with Crippen molar-refractivity contribution in [2.24, 2.45) is 0 Å². The molecule has 0 unspecified atom stereocenters. The lowest BCUT2D eigenvalue weighted by Gasteiger charge is -2.11. The highest BCUT2D eigenvalue weighted by Crippen LogP contribution is 2.16. The molecular weight excluding hydrogens is 314 g/mol. The first-order valence-corrected chi connectivity index (χ1v) is 8.09. The van der Waals surface area contributed by atoms with E-state index >= 15 is 0 Å². The Labute approximate surface area is 148 Å². The van der Waals surface area contributed by atoms with Gasteiger partial charge in [0.15, 0.2) is 12.4 Å². The van der Waals surface area contributed by atoms with Crippen LogP contribution in [0.5, 0.6) is 5.75 Å². The van der Waals surface area contributed by atoms with Crippen LogP contribution in [0.25, 0.3) is 6.08 Å². The molecule has 2 rings (SSSR count). The SMILES string of the molecule is Cc1ccc(/C=C/C(=O)c2cccc(OCC(=O)N(C)C)c2)cc1C. The van der Waals surface area contributed by atoms with Crippen LogP contribution in [0.1, 0.15) is 27.0 Å². The number of hydrogen-bond acceptors (Lipinski definition) is 3. The fraction of sp³-hybridized carbons (Fsp3) is 0.238. The molecule has 0 fully saturated rings. The molecule has 0 atom stereocenters. The number of benzene rings is 2. The summed E-state index contributed by atoms with van der Waals surface area (Å²) in [6.45, 7) is 4.05. The number of carbonyl (C=O) groups excluding carboxylic acids is 2. The second-order valence-corrected chi connectivity index (χ2v) is 6.15. The standard InChI is InChI=1S/C21H23NO3/c1-15-8-9-17(12-16(15)2)10-11-20(23)18-6-5-7-19(13-18)25-14-21(24)22(3)4/h5-13H,14H2,1-4H3/b11-10+. The predicted molar refractivity (Wildman–Crippen MR) is 99.9 cm³/mol. The van der Waals surface area contributed by atoms with Crippen molar-refractivity contribution in [1.82, 2.24) is 4.90 Å². The van der Waals surface area contributed by atoms with Gasteiger partial charge in [-0.05, 0) is 48.7 Å². The van der Waals surface area contributed by atoms with Crippen molar-refractivity contribution in [2.75, 3.05) is 20.7 Å². The van der Waals surface area contributed by atoms with Gasteiger partial charge in [0.2, 0.25) is 0 Å². The molecule has 0 aliphatic heterocycles. The molecule has 0 aromatic heterocycles. The largest absolute Gasteiger partial charge is 0.484 e. The number of aryl methyl sites for hydroxylation is 2. The van der Waals surface area contributed by atoms with E-state index in [0.29, 0.717) is 11.3 Å². The number of amides is 1. The van der Waals surface area contributed by atoms with E-state index in [1.165, 1.54) is 16.0 Å². The minimum absolute atomic E-state index is 0.0525. The molecule has 1 amide bonds. The number of nitrogens with zero attached hydrogens (tertiary/aromatic N) is 1. The lowest BCUT2D eigenvalue weighted by molar-refractivity contribution is -0.130. The molecule has 2 aromatic carbocycles. The Balaban J connectivity index is 2.06. The number of carbonyl (C=O) groups is 2. The second kappa shape index (κ2) is 8.29. The summed E-state index contributed by atoms with van der Waals surface area (Å²) in [5.41, 5.74) is 3.92. The monoisotopic (exact) mass is 337 g/mol. The maximum absolute atomic E-state index is 12.4. The van der Waals surface area contributed by atoms with Gasteiger partial charge >= 0.3 is 0 Å². The molecule has 4 nitrogen and oxygen atoms in total. The molecule has 130 valence electrons. The van der Waals surface area contributed by atoms with Gasteiger partial charge < -0.3 is 9.64 Å². The van der Waals surface area contributed by atoms with E-state index in [2.05, 4.69) is 6.92 Å². The summed E-state index contributed by atoms with van der Waals surface area (Å²) in [7, 11) is 3.34. The van der Waals surface area contributed by atoms with Crippen LogP contribution in [-0.2, 0) is 4.79 Å². The normalized spacial score (nSPS) is 10.7. The van der Waals surface area contributed by atoms with Crippen LogP contribution in [0.3, 0.4) is 0 Å². The molecule has 0 saturated carbocycles. The Morgan fingerprint density at radius 3 is 2.48 bits per heavy atom. The fourth-order valence-electron chi connectivity index (χ4n) is 2.15. The zero-order valence-corrected chi connectivity index (χ0v) is 15.1. The third kappa shape index (κ3) is 5.31. The molecule has 25 heavy (non-hydrogen) atoms. The molecule has 0 spiro atoms. The summed E-state index contributed by atoms with van der Waals surface area (Å²) in [6.07, 6.45) is 3.35. The Hall–Kier alpha value is -2.88. The Morgan fingerprint density at radius 2 is 1.80 bits per heavy atom. The van der Waals surface area contributed by atoms with Crippen molar-refractivity contribution < 1.29 is 14.3 Å². The van der Waals surface area contributed by atoms with Crippen molar-refractivity contribution in [3.8, 4) is 5.75 Å². The number of ketones is 1. The molecule has 0 bridgehead atoms. The smallest absolute Gasteiger partial charge is 0.259 e. The number of rotatable bonds is 6. The Bertz CT molecular complexity index is 807. The minimum Gasteiger partial charge on any atom is -0.484 e. The summed E-state index contributed by atoms with van der Waals surface area (Å²) in [5.74, 6) is 0.259. The quantitative estimate of drug-likeness (QED) is 0.597. The highest BCUT2D eigenvalue weighted by molar-refractivity contribution is 6.07. The zero-order chi connectivity index (χ0) is 18.4. The summed E-state index contributed by atoms with van der Waals surface area (Å²) in [6, 6.07) is 12.9. The van der Waals surface area contributed by atoms with E-state index < -0.39 is 0 Å². The van der Waals surface area contributed by atoms with Gasteiger partial charge in [0.25, 0.3) is 5.91 Å². The van der Waals surface area contributed by atoms with Crippen LogP contribution in [-0.4, -0.2) is 37.3 Å². The molecule has 0 saturated heterocycles. The maximum atomic E-state index is 12.4. The van der Waals surface area contributed by atoms with Gasteiger partial charge in [0, 0.05) is 19.7 Å². The van der Waals surface area contributed by atoms with E-state index in [0.717, 1.165) is 5.56 Å². The second-order valence-electron chi connectivity index (χ2n) is 6.15. The highest BCUT2D eigenvalue weighted by Gasteiger charge is 2.07. The minimum atomic E-state index is -0.133. The van der Waals surface area contributed by atoms with Gasteiger partial charge in [0.05, 0.1) is 0 Å². The van der Waals surface area contributed by atoms with Crippen LogP contribution in [0, 0.1) is 13.8 Å². The van der Waals surface area contributed by atoms with Crippen LogP contribution in [0.2, 0.25) is 0 Å². The van der Waals surface area contributed by atoms with Gasteiger partial charge in [0.1, 0.15) is 5.75 Å². The van der Waals surface area contributed by atoms with Crippen LogP contribution in [0.4, 0.5) is 0 Å². The average Bonchev–Trinajstić information content (AvgIpc) is 2.60. The Kier molecular flexibility index (Phi) is 6.12. The van der Waals surface area contributed by atoms with Gasteiger partial charge in [-0.2, -0.15) is 0 Å². The molecule has 0 heterocycles. The molecule has 0 N–H and O–H groups in total. The third-order valence-corrected chi connectivity index (χ3v) is 3.94. The van der Waals surface area contributed by atoms with Gasteiger partial charge in [-0.1, -0.05) is 36.4 Å². The average molecular weight is 337 g/mol. The van der Waals surface area contributed by atoms with Crippen molar-refractivity contribution in [2.45, 2.75) is 13.8 Å². The molecule has 0 aliphatic carbocycles. The van der Waals surface area contributed by atoms with E-state index in [1.54, 1.807) is 50.5 Å². The highest BCUT2D eigenvalue weighted by atomic mass is 16.5. The van der Waals surface area contributed by atoms with Gasteiger partial charge in [-0.15, -0.1) is 0 Å². The third-order valence-electron chi connectivity index (χ3n) is 3.94. The molecule has 0 aliphatic rings. The van der Waals surface area contributed by atoms with Crippen molar-refractivity contribution in [3.05, 3.63) is 70.8 Å². The fourth-order valence-corrected chi connectivity index (χ4v) is 2.15. The molecule has 2 aromatic rings. The van der Waals surface area contributed by atoms with Crippen LogP contribution >= 0.6 is 0 Å². The number of allylic oxidation sites excluding steroid dienone is 1. The molecular formula is C21H23NO3. The van der Waals surface area contributed by atoms with Gasteiger partial charge in [-0.3, -0.25) is 9.59 Å². The zero-order valence-electron chi connectivity index (χ0n) is 15.1. The van der Waals surface area contributed by atoms with Crippen molar-refractivity contribution >= 4 is 17.8 Å². The number of ether oxygens (including phenoxy) is 1. The first kappa shape index (κ1) is 18.5. The summed E-state index contributed by atoms with van der Waals surface area (Å²) in [4.78, 5) is 25.4. The first-order valence-electron chi connectivity index (χ1n) is 8.09. The van der Waals surface area contributed by atoms with Gasteiger partial charge in [-0.25, -0.2) is 0 Å². The predicted octanol–water partition coefficient (Wildman–Crippen LogP) is 3.67. The topological polar surface area (TPSA) is 46.6 Å². The van der Waals surface area contributed by atoms with E-state index in [9.17, 15) is 9.59 Å². The summed E-state index contributed by atoms with van der Waals surface area (Å²) in [5, 5.41) is 0. The van der Waals surface area contributed by atoms with Crippen LogP contribution in [0.15, 0.2) is 48.5 Å². The van der Waals surface area contributed by atoms with E-state index in [-0.39, 0.29) is 18.3 Å². The molecule has 4 heteroatoms. The number of hydrogen-bond donors (Lipinski definition) is 0. The first-order chi connectivity index (χ1) is 11.9. The van der Waals surface area contributed by atoms with Crippen molar-refractivity contribution in [1.29, 1.82) is 0 Å². The number of likely N-dealkylation sites (N-methyl/N-ethyl adjacent to an activating group) is 1.